The molecule has 2 amide bonds. The van der Waals surface area contributed by atoms with Gasteiger partial charge in [-0.1, -0.05) is 13.8 Å². The Morgan fingerprint density at radius 3 is 2.81 bits per heavy atom. The molecule has 0 aromatic carbocycles. The fourth-order valence-corrected chi connectivity index (χ4v) is 3.52. The summed E-state index contributed by atoms with van der Waals surface area (Å²) in [7, 11) is 4.20. The van der Waals surface area contributed by atoms with Crippen molar-refractivity contribution in [2.45, 2.75) is 57.7 Å². The lowest BCUT2D eigenvalue weighted by atomic mass is 10.2. The molecule has 118 valence electrons. The Morgan fingerprint density at radius 1 is 1.48 bits per heavy atom. The summed E-state index contributed by atoms with van der Waals surface area (Å²) in [5.74, 6) is 0.435. The van der Waals surface area contributed by atoms with Gasteiger partial charge in [-0.05, 0) is 39.3 Å². The van der Waals surface area contributed by atoms with Crippen molar-refractivity contribution in [1.29, 1.82) is 0 Å². The van der Waals surface area contributed by atoms with Gasteiger partial charge in [0.2, 0.25) is 0 Å². The number of nitrogens with one attached hydrogen (secondary N) is 2. The lowest BCUT2D eigenvalue weighted by Gasteiger charge is -2.19. The summed E-state index contributed by atoms with van der Waals surface area (Å²) in [5, 5.41) is 9.00. The average molecular weight is 310 g/mol. The van der Waals surface area contributed by atoms with Crippen LogP contribution < -0.4 is 10.6 Å². The molecular weight excluding hydrogens is 284 g/mol. The molecule has 21 heavy (non-hydrogen) atoms. The Labute approximate surface area is 131 Å². The minimum Gasteiger partial charge on any atom is -0.335 e. The number of rotatable bonds is 5. The Hall–Kier alpha value is -1.14. The summed E-state index contributed by atoms with van der Waals surface area (Å²) in [6.07, 6.45) is 3.25. The van der Waals surface area contributed by atoms with Crippen molar-refractivity contribution in [2.24, 2.45) is 0 Å². The van der Waals surface area contributed by atoms with Gasteiger partial charge in [-0.25, -0.2) is 9.78 Å². The van der Waals surface area contributed by atoms with Gasteiger partial charge in [-0.15, -0.1) is 11.3 Å². The Morgan fingerprint density at radius 2 is 2.24 bits per heavy atom. The van der Waals surface area contributed by atoms with E-state index >= 15 is 0 Å². The Kier molecular flexibility index (Phi) is 5.58. The van der Waals surface area contributed by atoms with Crippen LogP contribution in [0.3, 0.4) is 0 Å². The summed E-state index contributed by atoms with van der Waals surface area (Å²) < 4.78 is 0. The maximum Gasteiger partial charge on any atom is 0.315 e. The number of amides is 2. The zero-order valence-corrected chi connectivity index (χ0v) is 14.2. The zero-order chi connectivity index (χ0) is 15.4. The highest BCUT2D eigenvalue weighted by atomic mass is 32.1. The van der Waals surface area contributed by atoms with E-state index in [0.29, 0.717) is 24.5 Å². The lowest BCUT2D eigenvalue weighted by molar-refractivity contribution is 0.235. The van der Waals surface area contributed by atoms with Gasteiger partial charge in [0.25, 0.3) is 0 Å². The normalized spacial score (nSPS) is 22.0. The molecule has 2 atom stereocenters. The third-order valence-corrected chi connectivity index (χ3v) is 4.90. The van der Waals surface area contributed by atoms with Crippen LogP contribution in [0.15, 0.2) is 5.38 Å². The fourth-order valence-electron chi connectivity index (χ4n) is 2.62. The molecule has 0 unspecified atom stereocenters. The van der Waals surface area contributed by atoms with Crippen LogP contribution >= 0.6 is 11.3 Å². The van der Waals surface area contributed by atoms with E-state index in [1.165, 1.54) is 0 Å². The largest absolute Gasteiger partial charge is 0.335 e. The van der Waals surface area contributed by atoms with E-state index in [-0.39, 0.29) is 6.03 Å². The molecule has 0 saturated heterocycles. The van der Waals surface area contributed by atoms with Gasteiger partial charge < -0.3 is 15.5 Å². The van der Waals surface area contributed by atoms with E-state index in [2.05, 4.69) is 53.8 Å². The van der Waals surface area contributed by atoms with Gasteiger partial charge in [-0.2, -0.15) is 0 Å². The van der Waals surface area contributed by atoms with Gasteiger partial charge in [0.1, 0.15) is 5.01 Å². The molecule has 2 rings (SSSR count). The van der Waals surface area contributed by atoms with Crippen LogP contribution in [0.25, 0.3) is 0 Å². The van der Waals surface area contributed by atoms with Crippen molar-refractivity contribution in [2.75, 3.05) is 14.1 Å². The van der Waals surface area contributed by atoms with Crippen LogP contribution in [-0.4, -0.2) is 42.1 Å². The number of urea groups is 1. The summed E-state index contributed by atoms with van der Waals surface area (Å²) in [6, 6.07) is 0.795. The molecule has 5 nitrogen and oxygen atoms in total. The number of hydrogen-bond donors (Lipinski definition) is 2. The number of carbonyl (C=O) groups excluding carboxylic acids is 1. The second-order valence-corrected chi connectivity index (χ2v) is 7.22. The second kappa shape index (κ2) is 7.22. The van der Waals surface area contributed by atoms with Gasteiger partial charge in [-0.3, -0.25) is 0 Å². The predicted molar refractivity (Wildman–Crippen MR) is 86.7 cm³/mol. The summed E-state index contributed by atoms with van der Waals surface area (Å²) in [6.45, 7) is 4.76. The smallest absolute Gasteiger partial charge is 0.315 e. The summed E-state index contributed by atoms with van der Waals surface area (Å²) in [4.78, 5) is 18.7. The molecule has 0 radical (unpaired) electrons. The molecule has 1 saturated carbocycles. The van der Waals surface area contributed by atoms with Gasteiger partial charge >= 0.3 is 6.03 Å². The predicted octanol–water partition coefficient (Wildman–Crippen LogP) is 2.55. The van der Waals surface area contributed by atoms with Gasteiger partial charge in [0.05, 0.1) is 12.2 Å². The molecule has 1 aromatic rings. The molecule has 1 fully saturated rings. The first kappa shape index (κ1) is 16.2. The van der Waals surface area contributed by atoms with Gasteiger partial charge in [0.15, 0.2) is 0 Å². The third kappa shape index (κ3) is 4.68. The minimum atomic E-state index is -0.0827. The monoisotopic (exact) mass is 310 g/mol. The highest BCUT2D eigenvalue weighted by Gasteiger charge is 2.26. The maximum absolute atomic E-state index is 11.9. The Balaban J connectivity index is 1.72. The topological polar surface area (TPSA) is 57.3 Å². The molecule has 6 heteroatoms. The van der Waals surface area contributed by atoms with Crippen LogP contribution in [0.2, 0.25) is 0 Å². The summed E-state index contributed by atoms with van der Waals surface area (Å²) >= 11 is 1.61. The molecule has 1 aliphatic rings. The second-order valence-electron chi connectivity index (χ2n) is 6.28. The Bertz CT molecular complexity index is 472. The standard InChI is InChI=1S/C15H26N4OS/c1-10(2)13-9-21-14(18-13)8-16-15(20)17-11-5-6-12(7-11)19(3)4/h9-12H,5-8H2,1-4H3,(H2,16,17,20)/t11-,12+/m1/s1. The maximum atomic E-state index is 11.9. The number of nitrogens with zero attached hydrogens (tertiary/aromatic N) is 2. The molecule has 2 N–H and O–H groups in total. The van der Waals surface area contributed by atoms with E-state index in [9.17, 15) is 4.79 Å². The zero-order valence-electron chi connectivity index (χ0n) is 13.3. The van der Waals surface area contributed by atoms with E-state index in [4.69, 9.17) is 0 Å². The lowest BCUT2D eigenvalue weighted by Crippen LogP contribution is -2.41. The average Bonchev–Trinajstić information content (AvgIpc) is 3.05. The van der Waals surface area contributed by atoms with Crippen LogP contribution in [0.5, 0.6) is 0 Å². The fraction of sp³-hybridized carbons (Fsp3) is 0.733. The molecule has 1 aromatic heterocycles. The summed E-state index contributed by atoms with van der Waals surface area (Å²) in [5.41, 5.74) is 1.10. The first-order valence-corrected chi connectivity index (χ1v) is 8.48. The van der Waals surface area contributed by atoms with Crippen molar-refractivity contribution in [3.05, 3.63) is 16.1 Å². The first-order valence-electron chi connectivity index (χ1n) is 7.60. The molecule has 0 aliphatic heterocycles. The first-order chi connectivity index (χ1) is 9.95. The molecule has 1 aliphatic carbocycles. The van der Waals surface area contributed by atoms with Crippen LogP contribution in [0.4, 0.5) is 4.79 Å². The van der Waals surface area contributed by atoms with Crippen LogP contribution in [-0.2, 0) is 6.54 Å². The van der Waals surface area contributed by atoms with E-state index in [1.54, 1.807) is 11.3 Å². The third-order valence-electron chi connectivity index (χ3n) is 4.03. The number of carbonyl (C=O) groups is 1. The number of aromatic nitrogens is 1. The van der Waals surface area contributed by atoms with Crippen LogP contribution in [0, 0.1) is 0 Å². The molecule has 0 bridgehead atoms. The quantitative estimate of drug-likeness (QED) is 0.879. The van der Waals surface area contributed by atoms with E-state index in [0.717, 1.165) is 30.0 Å². The van der Waals surface area contributed by atoms with Crippen molar-refractivity contribution in [3.63, 3.8) is 0 Å². The van der Waals surface area contributed by atoms with Crippen LogP contribution in [0.1, 0.15) is 49.7 Å². The van der Waals surface area contributed by atoms with Crippen molar-refractivity contribution in [1.82, 2.24) is 20.5 Å². The molecule has 0 spiro atoms. The molecule has 1 heterocycles. The number of thiazole rings is 1. The van der Waals surface area contributed by atoms with Crippen molar-refractivity contribution >= 4 is 17.4 Å². The van der Waals surface area contributed by atoms with Crippen molar-refractivity contribution in [3.8, 4) is 0 Å². The highest BCUT2D eigenvalue weighted by molar-refractivity contribution is 7.09. The van der Waals surface area contributed by atoms with E-state index in [1.807, 2.05) is 0 Å². The van der Waals surface area contributed by atoms with E-state index < -0.39 is 0 Å². The molecular formula is C15H26N4OS. The number of hydrogen-bond acceptors (Lipinski definition) is 4. The SMILES string of the molecule is CC(C)c1csc(CNC(=O)N[C@@H]2CC[C@H](N(C)C)C2)n1. The van der Waals surface area contributed by atoms with Gasteiger partial charge in [0, 0.05) is 17.5 Å². The van der Waals surface area contributed by atoms with Crippen molar-refractivity contribution < 1.29 is 4.79 Å². The minimum absolute atomic E-state index is 0.0827. The highest BCUT2D eigenvalue weighted by Crippen LogP contribution is 2.22.